The van der Waals surface area contributed by atoms with Crippen molar-refractivity contribution in [3.05, 3.63) is 27.9 Å². The first kappa shape index (κ1) is 13.9. The van der Waals surface area contributed by atoms with Gasteiger partial charge in [0, 0.05) is 24.0 Å². The molecule has 4 heteroatoms. The first-order chi connectivity index (χ1) is 8.08. The van der Waals surface area contributed by atoms with Crippen LogP contribution in [0.5, 0.6) is 0 Å². The fraction of sp³-hybridized carbons (Fsp3) is 0.692. The van der Waals surface area contributed by atoms with E-state index >= 15 is 0 Å². The first-order valence-electron chi connectivity index (χ1n) is 6.30. The molecule has 1 atom stereocenters. The molecule has 1 unspecified atom stereocenters. The van der Waals surface area contributed by atoms with Gasteiger partial charge in [-0.3, -0.25) is 4.57 Å². The van der Waals surface area contributed by atoms with Crippen molar-refractivity contribution in [2.45, 2.75) is 52.6 Å². The topological polar surface area (TPSA) is 46.9 Å². The number of hydrogen-bond donors (Lipinski definition) is 1. The molecule has 0 aliphatic rings. The molecule has 0 spiro atoms. The molecule has 0 radical (unpaired) electrons. The Labute approximate surface area is 103 Å². The molecule has 1 aromatic heterocycles. The lowest BCUT2D eigenvalue weighted by atomic mass is 10.1. The smallest absolute Gasteiger partial charge is 0.317 e. The molecule has 17 heavy (non-hydrogen) atoms. The molecule has 0 saturated carbocycles. The standard InChI is InChI=1S/C13H23N3O/c1-5-12(14-4)7-6-8-16-11(3)9-10(2)15-13(16)17/h9,12,14H,5-8H2,1-4H3. The zero-order valence-corrected chi connectivity index (χ0v) is 11.3. The Bertz CT molecular complexity index is 408. The fourth-order valence-electron chi connectivity index (χ4n) is 2.09. The molecule has 0 bridgehead atoms. The van der Waals surface area contributed by atoms with Crippen LogP contribution in [0, 0.1) is 13.8 Å². The van der Waals surface area contributed by atoms with Crippen LogP contribution < -0.4 is 11.0 Å². The van der Waals surface area contributed by atoms with Crippen molar-refractivity contribution in [2.24, 2.45) is 0 Å². The lowest BCUT2D eigenvalue weighted by Gasteiger charge is -2.14. The van der Waals surface area contributed by atoms with E-state index in [1.807, 2.05) is 27.0 Å². The summed E-state index contributed by atoms with van der Waals surface area (Å²) in [7, 11) is 1.99. The van der Waals surface area contributed by atoms with Crippen molar-refractivity contribution < 1.29 is 0 Å². The monoisotopic (exact) mass is 237 g/mol. The summed E-state index contributed by atoms with van der Waals surface area (Å²) in [4.78, 5) is 15.7. The maximum absolute atomic E-state index is 11.7. The van der Waals surface area contributed by atoms with E-state index in [1.165, 1.54) is 0 Å². The van der Waals surface area contributed by atoms with E-state index in [9.17, 15) is 4.79 Å². The Morgan fingerprint density at radius 3 is 2.71 bits per heavy atom. The van der Waals surface area contributed by atoms with Gasteiger partial charge >= 0.3 is 5.69 Å². The van der Waals surface area contributed by atoms with Crippen LogP contribution >= 0.6 is 0 Å². The summed E-state index contributed by atoms with van der Waals surface area (Å²) >= 11 is 0. The minimum Gasteiger partial charge on any atom is -0.317 e. The molecule has 0 aromatic carbocycles. The summed E-state index contributed by atoms with van der Waals surface area (Å²) < 4.78 is 1.76. The molecular formula is C13H23N3O. The fourth-order valence-corrected chi connectivity index (χ4v) is 2.09. The summed E-state index contributed by atoms with van der Waals surface area (Å²) in [5.41, 5.74) is 1.67. The van der Waals surface area contributed by atoms with Gasteiger partial charge in [-0.15, -0.1) is 0 Å². The van der Waals surface area contributed by atoms with E-state index < -0.39 is 0 Å². The Kier molecular flexibility index (Phi) is 5.35. The Morgan fingerprint density at radius 1 is 1.47 bits per heavy atom. The Balaban J connectivity index is 2.61. The van der Waals surface area contributed by atoms with Crippen molar-refractivity contribution in [2.75, 3.05) is 7.05 Å². The highest BCUT2D eigenvalue weighted by Crippen LogP contribution is 2.04. The van der Waals surface area contributed by atoms with Crippen molar-refractivity contribution in [3.8, 4) is 0 Å². The van der Waals surface area contributed by atoms with Gasteiger partial charge in [-0.2, -0.15) is 4.98 Å². The molecule has 0 aliphatic heterocycles. The average Bonchev–Trinajstić information content (AvgIpc) is 2.27. The number of aryl methyl sites for hydroxylation is 2. The lowest BCUT2D eigenvalue weighted by Crippen LogP contribution is -2.28. The molecule has 1 heterocycles. The van der Waals surface area contributed by atoms with E-state index in [1.54, 1.807) is 4.57 Å². The summed E-state index contributed by atoms with van der Waals surface area (Å²) in [5.74, 6) is 0. The number of nitrogens with zero attached hydrogens (tertiary/aromatic N) is 2. The van der Waals surface area contributed by atoms with E-state index in [2.05, 4.69) is 17.2 Å². The van der Waals surface area contributed by atoms with E-state index in [4.69, 9.17) is 0 Å². The largest absolute Gasteiger partial charge is 0.347 e. The summed E-state index contributed by atoms with van der Waals surface area (Å²) in [6.07, 6.45) is 3.22. The predicted molar refractivity (Wildman–Crippen MR) is 70.3 cm³/mol. The quantitative estimate of drug-likeness (QED) is 0.818. The normalized spacial score (nSPS) is 12.7. The minimum atomic E-state index is -0.125. The van der Waals surface area contributed by atoms with Crippen molar-refractivity contribution >= 4 is 0 Å². The van der Waals surface area contributed by atoms with Gasteiger partial charge in [-0.1, -0.05) is 6.92 Å². The molecule has 1 aromatic rings. The molecule has 0 aliphatic carbocycles. The molecular weight excluding hydrogens is 214 g/mol. The van der Waals surface area contributed by atoms with Crippen LogP contribution in [0.3, 0.4) is 0 Å². The van der Waals surface area contributed by atoms with Gasteiger partial charge in [0.15, 0.2) is 0 Å². The minimum absolute atomic E-state index is 0.125. The van der Waals surface area contributed by atoms with Gasteiger partial charge in [-0.25, -0.2) is 4.79 Å². The number of nitrogens with one attached hydrogen (secondary N) is 1. The molecule has 4 nitrogen and oxygen atoms in total. The van der Waals surface area contributed by atoms with Gasteiger partial charge in [0.2, 0.25) is 0 Å². The van der Waals surface area contributed by atoms with Crippen LogP contribution in [0.4, 0.5) is 0 Å². The summed E-state index contributed by atoms with van der Waals surface area (Å²) in [6, 6.07) is 2.50. The number of hydrogen-bond acceptors (Lipinski definition) is 3. The van der Waals surface area contributed by atoms with Gasteiger partial charge in [0.25, 0.3) is 0 Å². The maximum atomic E-state index is 11.7. The van der Waals surface area contributed by atoms with Crippen LogP contribution in [0.25, 0.3) is 0 Å². The maximum Gasteiger partial charge on any atom is 0.347 e. The van der Waals surface area contributed by atoms with Gasteiger partial charge in [0.05, 0.1) is 0 Å². The Hall–Kier alpha value is -1.16. The van der Waals surface area contributed by atoms with Crippen LogP contribution in [-0.2, 0) is 6.54 Å². The van der Waals surface area contributed by atoms with Crippen LogP contribution in [0.2, 0.25) is 0 Å². The van der Waals surface area contributed by atoms with Crippen molar-refractivity contribution in [1.29, 1.82) is 0 Å². The van der Waals surface area contributed by atoms with Crippen molar-refractivity contribution in [3.63, 3.8) is 0 Å². The van der Waals surface area contributed by atoms with Crippen LogP contribution in [0.1, 0.15) is 37.6 Å². The van der Waals surface area contributed by atoms with Gasteiger partial charge in [0.1, 0.15) is 0 Å². The lowest BCUT2D eigenvalue weighted by molar-refractivity contribution is 0.460. The third kappa shape index (κ3) is 3.97. The molecule has 0 amide bonds. The number of rotatable bonds is 6. The second-order valence-electron chi connectivity index (χ2n) is 4.51. The van der Waals surface area contributed by atoms with E-state index in [0.717, 1.165) is 37.2 Å². The highest BCUT2D eigenvalue weighted by Gasteiger charge is 2.05. The molecule has 1 N–H and O–H groups in total. The zero-order valence-electron chi connectivity index (χ0n) is 11.3. The third-order valence-electron chi connectivity index (χ3n) is 3.18. The van der Waals surface area contributed by atoms with E-state index in [-0.39, 0.29) is 5.69 Å². The predicted octanol–water partition coefficient (Wildman–Crippen LogP) is 1.64. The third-order valence-corrected chi connectivity index (χ3v) is 3.18. The van der Waals surface area contributed by atoms with Crippen LogP contribution in [0.15, 0.2) is 10.9 Å². The second kappa shape index (κ2) is 6.55. The SMILES string of the molecule is CCC(CCCn1c(C)cc(C)nc1=O)NC. The van der Waals surface area contributed by atoms with E-state index in [0.29, 0.717) is 6.04 Å². The summed E-state index contributed by atoms with van der Waals surface area (Å²) in [6.45, 7) is 6.75. The Morgan fingerprint density at radius 2 is 2.18 bits per heavy atom. The van der Waals surface area contributed by atoms with Gasteiger partial charge in [-0.05, 0) is 46.2 Å². The molecule has 96 valence electrons. The first-order valence-corrected chi connectivity index (χ1v) is 6.30. The molecule has 0 fully saturated rings. The van der Waals surface area contributed by atoms with Crippen molar-refractivity contribution in [1.82, 2.24) is 14.9 Å². The average molecular weight is 237 g/mol. The highest BCUT2D eigenvalue weighted by atomic mass is 16.1. The zero-order chi connectivity index (χ0) is 12.8. The molecule has 0 saturated heterocycles. The van der Waals surface area contributed by atoms with Crippen LogP contribution in [-0.4, -0.2) is 22.6 Å². The second-order valence-corrected chi connectivity index (χ2v) is 4.51. The highest BCUT2D eigenvalue weighted by molar-refractivity contribution is 5.06. The van der Waals surface area contributed by atoms with Gasteiger partial charge < -0.3 is 5.32 Å². The molecule has 1 rings (SSSR count). The number of aromatic nitrogens is 2. The summed E-state index contributed by atoms with van der Waals surface area (Å²) in [5, 5.41) is 3.27.